The summed E-state index contributed by atoms with van der Waals surface area (Å²) >= 11 is 3.41. The molecule has 1 aliphatic rings. The van der Waals surface area contributed by atoms with Crippen LogP contribution in [0.15, 0.2) is 28.7 Å². The van der Waals surface area contributed by atoms with Crippen molar-refractivity contribution in [1.82, 2.24) is 25.8 Å². The monoisotopic (exact) mass is 413 g/mol. The normalized spacial score (nSPS) is 20.2. The molecule has 8 heteroatoms. The first-order chi connectivity index (χ1) is 11.1. The van der Waals surface area contributed by atoms with Crippen LogP contribution in [0.2, 0.25) is 0 Å². The second kappa shape index (κ2) is 8.60. The highest BCUT2D eigenvalue weighted by atomic mass is 79.9. The van der Waals surface area contributed by atoms with Crippen molar-refractivity contribution in [3.63, 3.8) is 0 Å². The van der Waals surface area contributed by atoms with Crippen LogP contribution in [0.25, 0.3) is 11.4 Å². The quantitative estimate of drug-likeness (QED) is 0.718. The molecule has 2 atom stereocenters. The third kappa shape index (κ3) is 4.78. The predicted molar refractivity (Wildman–Crippen MR) is 98.8 cm³/mol. The lowest BCUT2D eigenvalue weighted by Gasteiger charge is -2.26. The van der Waals surface area contributed by atoms with E-state index in [4.69, 9.17) is 0 Å². The molecule has 1 amide bonds. The fraction of sp³-hybridized carbons (Fsp3) is 0.438. The van der Waals surface area contributed by atoms with Gasteiger partial charge in [0.05, 0.1) is 6.54 Å². The Labute approximate surface area is 155 Å². The van der Waals surface area contributed by atoms with Crippen LogP contribution in [0.1, 0.15) is 25.6 Å². The van der Waals surface area contributed by atoms with Crippen molar-refractivity contribution in [3.8, 4) is 11.4 Å². The Balaban J connectivity index is 0.00000208. The summed E-state index contributed by atoms with van der Waals surface area (Å²) in [6, 6.07) is 8.20. The molecule has 24 heavy (non-hydrogen) atoms. The number of carbonyl (C=O) groups excluding carboxylic acids is 1. The third-order valence-corrected chi connectivity index (χ3v) is 4.59. The SMILES string of the molecule is C[C@H]1C[C@@H](C(=O)NCc2nc(-c3ccc(Br)cc3)n[nH]2)CCN1.Cl. The molecule has 0 radical (unpaired) electrons. The molecule has 1 aromatic carbocycles. The summed E-state index contributed by atoms with van der Waals surface area (Å²) in [6.07, 6.45) is 1.77. The lowest BCUT2D eigenvalue weighted by Crippen LogP contribution is -2.42. The number of benzene rings is 1. The number of H-pyrrole nitrogens is 1. The van der Waals surface area contributed by atoms with Crippen molar-refractivity contribution >= 4 is 34.2 Å². The summed E-state index contributed by atoms with van der Waals surface area (Å²) in [5, 5.41) is 13.4. The summed E-state index contributed by atoms with van der Waals surface area (Å²) in [6.45, 7) is 3.39. The zero-order chi connectivity index (χ0) is 16.2. The van der Waals surface area contributed by atoms with E-state index in [9.17, 15) is 4.79 Å². The van der Waals surface area contributed by atoms with Crippen LogP contribution in [0.4, 0.5) is 0 Å². The fourth-order valence-electron chi connectivity index (χ4n) is 2.79. The number of aromatic nitrogens is 3. The maximum atomic E-state index is 12.2. The van der Waals surface area contributed by atoms with Gasteiger partial charge in [-0.15, -0.1) is 12.4 Å². The standard InChI is InChI=1S/C16H20BrN5O.ClH/c1-10-8-12(6-7-18-10)16(23)19-9-14-20-15(22-21-14)11-2-4-13(17)5-3-11;/h2-5,10,12,18H,6-9H2,1H3,(H,19,23)(H,20,21,22);1H/t10-,12-;/m0./s1. The number of nitrogens with zero attached hydrogens (tertiary/aromatic N) is 2. The van der Waals surface area contributed by atoms with Gasteiger partial charge in [0.1, 0.15) is 5.82 Å². The Kier molecular flexibility index (Phi) is 6.77. The molecule has 6 nitrogen and oxygen atoms in total. The molecule has 130 valence electrons. The number of rotatable bonds is 4. The Morgan fingerprint density at radius 1 is 1.38 bits per heavy atom. The Morgan fingerprint density at radius 3 is 2.83 bits per heavy atom. The third-order valence-electron chi connectivity index (χ3n) is 4.06. The Bertz CT molecular complexity index is 675. The molecule has 1 fully saturated rings. The zero-order valence-corrected chi connectivity index (χ0v) is 15.8. The second-order valence-electron chi connectivity index (χ2n) is 5.91. The van der Waals surface area contributed by atoms with Crippen LogP contribution in [0.3, 0.4) is 0 Å². The van der Waals surface area contributed by atoms with Gasteiger partial charge in [0, 0.05) is 22.0 Å². The lowest BCUT2D eigenvalue weighted by atomic mass is 9.92. The van der Waals surface area contributed by atoms with E-state index in [1.165, 1.54) is 0 Å². The van der Waals surface area contributed by atoms with Crippen molar-refractivity contribution in [2.75, 3.05) is 6.54 Å². The predicted octanol–water partition coefficient (Wildman–Crippen LogP) is 2.66. The van der Waals surface area contributed by atoms with Gasteiger partial charge in [-0.3, -0.25) is 9.89 Å². The molecule has 1 aromatic heterocycles. The molecular weight excluding hydrogens is 394 g/mol. The van der Waals surface area contributed by atoms with Crippen LogP contribution in [0, 0.1) is 5.92 Å². The lowest BCUT2D eigenvalue weighted by molar-refractivity contribution is -0.126. The summed E-state index contributed by atoms with van der Waals surface area (Å²) in [4.78, 5) is 16.7. The molecule has 0 saturated carbocycles. The highest BCUT2D eigenvalue weighted by Gasteiger charge is 2.24. The molecule has 1 aliphatic heterocycles. The summed E-state index contributed by atoms with van der Waals surface area (Å²) in [7, 11) is 0. The van der Waals surface area contributed by atoms with Gasteiger partial charge in [-0.05, 0) is 38.4 Å². The van der Waals surface area contributed by atoms with E-state index in [-0.39, 0.29) is 24.2 Å². The first kappa shape index (κ1) is 18.9. The summed E-state index contributed by atoms with van der Waals surface area (Å²) in [5.74, 6) is 1.48. The average molecular weight is 415 g/mol. The number of aromatic amines is 1. The van der Waals surface area contributed by atoms with Gasteiger partial charge >= 0.3 is 0 Å². The van der Waals surface area contributed by atoms with Crippen LogP contribution >= 0.6 is 28.3 Å². The number of halogens is 2. The molecule has 3 N–H and O–H groups in total. The summed E-state index contributed by atoms with van der Waals surface area (Å²) < 4.78 is 1.01. The van der Waals surface area contributed by atoms with Gasteiger partial charge < -0.3 is 10.6 Å². The van der Waals surface area contributed by atoms with Crippen LogP contribution in [0.5, 0.6) is 0 Å². The largest absolute Gasteiger partial charge is 0.349 e. The van der Waals surface area contributed by atoms with Crippen LogP contribution < -0.4 is 10.6 Å². The van der Waals surface area contributed by atoms with E-state index >= 15 is 0 Å². The van der Waals surface area contributed by atoms with Crippen molar-refractivity contribution in [2.24, 2.45) is 5.92 Å². The first-order valence-electron chi connectivity index (χ1n) is 7.80. The number of piperidine rings is 1. The molecule has 1 saturated heterocycles. The van der Waals surface area contributed by atoms with Gasteiger partial charge in [0.25, 0.3) is 0 Å². The number of hydrogen-bond acceptors (Lipinski definition) is 4. The average Bonchev–Trinajstić information content (AvgIpc) is 3.02. The minimum atomic E-state index is 0. The summed E-state index contributed by atoms with van der Waals surface area (Å²) in [5.41, 5.74) is 0.939. The Morgan fingerprint density at radius 2 is 2.12 bits per heavy atom. The van der Waals surface area contributed by atoms with Crippen molar-refractivity contribution in [1.29, 1.82) is 0 Å². The Hall–Kier alpha value is -1.44. The van der Waals surface area contributed by atoms with Gasteiger partial charge in [0.2, 0.25) is 5.91 Å². The van der Waals surface area contributed by atoms with Crippen molar-refractivity contribution in [3.05, 3.63) is 34.6 Å². The number of hydrogen-bond donors (Lipinski definition) is 3. The molecule has 2 heterocycles. The minimum absolute atomic E-state index is 0. The number of carbonyl (C=O) groups is 1. The van der Waals surface area contributed by atoms with Crippen molar-refractivity contribution in [2.45, 2.75) is 32.4 Å². The first-order valence-corrected chi connectivity index (χ1v) is 8.59. The van der Waals surface area contributed by atoms with Crippen LogP contribution in [-0.2, 0) is 11.3 Å². The van der Waals surface area contributed by atoms with E-state index in [0.717, 1.165) is 29.4 Å². The van der Waals surface area contributed by atoms with Gasteiger partial charge in [-0.25, -0.2) is 4.98 Å². The maximum Gasteiger partial charge on any atom is 0.223 e. The topological polar surface area (TPSA) is 82.7 Å². The zero-order valence-electron chi connectivity index (χ0n) is 13.4. The number of nitrogens with one attached hydrogen (secondary N) is 3. The van der Waals surface area contributed by atoms with Gasteiger partial charge in [-0.2, -0.15) is 5.10 Å². The van der Waals surface area contributed by atoms with E-state index in [1.54, 1.807) is 0 Å². The van der Waals surface area contributed by atoms with Gasteiger partial charge in [0.15, 0.2) is 5.82 Å². The highest BCUT2D eigenvalue weighted by Crippen LogP contribution is 2.18. The highest BCUT2D eigenvalue weighted by molar-refractivity contribution is 9.10. The van der Waals surface area contributed by atoms with Crippen LogP contribution in [-0.4, -0.2) is 33.7 Å². The molecule has 0 aliphatic carbocycles. The van der Waals surface area contributed by atoms with E-state index in [1.807, 2.05) is 24.3 Å². The minimum Gasteiger partial charge on any atom is -0.349 e. The molecule has 0 spiro atoms. The van der Waals surface area contributed by atoms with E-state index in [2.05, 4.69) is 48.7 Å². The maximum absolute atomic E-state index is 12.2. The fourth-order valence-corrected chi connectivity index (χ4v) is 3.05. The number of amides is 1. The van der Waals surface area contributed by atoms with E-state index < -0.39 is 0 Å². The van der Waals surface area contributed by atoms with Crippen molar-refractivity contribution < 1.29 is 4.79 Å². The molecule has 2 aromatic rings. The molecule has 0 bridgehead atoms. The van der Waals surface area contributed by atoms with E-state index in [0.29, 0.717) is 24.2 Å². The second-order valence-corrected chi connectivity index (χ2v) is 6.82. The molecule has 0 unspecified atom stereocenters. The molecular formula is C16H21BrClN5O. The smallest absolute Gasteiger partial charge is 0.223 e. The van der Waals surface area contributed by atoms with Gasteiger partial charge in [-0.1, -0.05) is 28.1 Å². The molecule has 3 rings (SSSR count).